The number of aromatic amines is 1. The van der Waals surface area contributed by atoms with Crippen LogP contribution >= 0.6 is 0 Å². The van der Waals surface area contributed by atoms with Gasteiger partial charge in [-0.1, -0.05) is 30.2 Å². The zero-order valence-corrected chi connectivity index (χ0v) is 22.0. The fourth-order valence-electron chi connectivity index (χ4n) is 5.35. The lowest BCUT2D eigenvalue weighted by atomic mass is 9.83. The van der Waals surface area contributed by atoms with E-state index in [1.54, 1.807) is 0 Å². The second-order valence-corrected chi connectivity index (χ2v) is 10.6. The van der Waals surface area contributed by atoms with Crippen LogP contribution in [0.25, 0.3) is 22.2 Å². The van der Waals surface area contributed by atoms with Crippen molar-refractivity contribution in [2.75, 3.05) is 26.2 Å². The Bertz CT molecular complexity index is 1220. The van der Waals surface area contributed by atoms with Crippen LogP contribution in [0.3, 0.4) is 0 Å². The Morgan fingerprint density at radius 1 is 1.09 bits per heavy atom. The fourth-order valence-corrected chi connectivity index (χ4v) is 5.35. The minimum atomic E-state index is -0.741. The van der Waals surface area contributed by atoms with Crippen LogP contribution in [0, 0.1) is 13.8 Å². The van der Waals surface area contributed by atoms with Crippen molar-refractivity contribution in [3.8, 4) is 11.3 Å². The number of H-pyrrole nitrogens is 1. The van der Waals surface area contributed by atoms with Crippen molar-refractivity contribution >= 4 is 22.7 Å². The highest BCUT2D eigenvalue weighted by Gasteiger charge is 2.32. The molecular weight excluding hydrogens is 436 g/mol. The molecule has 0 bridgehead atoms. The monoisotopic (exact) mass is 474 g/mol. The highest BCUT2D eigenvalue weighted by atomic mass is 16.5. The van der Waals surface area contributed by atoms with E-state index >= 15 is 0 Å². The minimum Gasteiger partial charge on any atom is -0.465 e. The van der Waals surface area contributed by atoms with Gasteiger partial charge in [-0.25, -0.2) is 0 Å². The molecule has 1 aromatic heterocycles. The van der Waals surface area contributed by atoms with Crippen LogP contribution in [0.15, 0.2) is 36.4 Å². The lowest BCUT2D eigenvalue weighted by Crippen LogP contribution is -2.36. The highest BCUT2D eigenvalue weighted by molar-refractivity contribution is 5.93. The smallest absolute Gasteiger partial charge is 0.315 e. The van der Waals surface area contributed by atoms with Gasteiger partial charge in [-0.2, -0.15) is 0 Å². The zero-order chi connectivity index (χ0) is 25.3. The minimum absolute atomic E-state index is 0.211. The summed E-state index contributed by atoms with van der Waals surface area (Å²) in [5.74, 6) is 0.397. The number of ether oxygens (including phenoxy) is 1. The quantitative estimate of drug-likeness (QED) is 0.423. The lowest BCUT2D eigenvalue weighted by Gasteiger charge is -2.29. The van der Waals surface area contributed by atoms with Gasteiger partial charge < -0.3 is 14.6 Å². The topological polar surface area (TPSA) is 62.4 Å². The third-order valence-corrected chi connectivity index (χ3v) is 7.30. The van der Waals surface area contributed by atoms with E-state index in [9.17, 15) is 9.59 Å². The maximum Gasteiger partial charge on any atom is 0.315 e. The molecule has 2 aromatic carbocycles. The number of benzene rings is 2. The third-order valence-electron chi connectivity index (χ3n) is 7.30. The van der Waals surface area contributed by atoms with Crippen LogP contribution in [0.1, 0.15) is 68.7 Å². The molecule has 1 aliphatic heterocycles. The summed E-state index contributed by atoms with van der Waals surface area (Å²) in [4.78, 5) is 30.6. The number of Topliss-reactive ketones (excluding diaryl/α,β-unsaturated/α-hetero) is 1. The molecule has 4 rings (SSSR count). The Morgan fingerprint density at radius 3 is 2.37 bits per heavy atom. The number of ketones is 1. The molecular formula is C30H38N2O3. The van der Waals surface area contributed by atoms with Gasteiger partial charge in [-0.3, -0.25) is 9.59 Å². The summed E-state index contributed by atoms with van der Waals surface area (Å²) in [6, 6.07) is 13.0. The standard InChI is InChI=1S/C30H38N2O3/c1-7-35-29(34)30(5,6)23-8-9-26-25(17-23)27(21(4)18-32-12-10-24(33)11-13-32)28(31-26)22-15-19(2)14-20(3)16-22/h8-9,14-17,21,31H,7,10-13,18H2,1-6H3. The van der Waals surface area contributed by atoms with Crippen LogP contribution < -0.4 is 0 Å². The zero-order valence-electron chi connectivity index (χ0n) is 22.0. The Morgan fingerprint density at radius 2 is 1.74 bits per heavy atom. The van der Waals surface area contributed by atoms with Gasteiger partial charge in [-0.15, -0.1) is 0 Å². The molecule has 0 radical (unpaired) electrons. The SMILES string of the molecule is CCOC(=O)C(C)(C)c1ccc2[nH]c(-c3cc(C)cc(C)c3)c(C(C)CN3CCC(=O)CC3)c2c1. The van der Waals surface area contributed by atoms with Crippen molar-refractivity contribution in [3.63, 3.8) is 0 Å². The summed E-state index contributed by atoms with van der Waals surface area (Å²) >= 11 is 0. The molecule has 1 unspecified atom stereocenters. The van der Waals surface area contributed by atoms with Gasteiger partial charge >= 0.3 is 5.97 Å². The Kier molecular flexibility index (Phi) is 7.18. The molecule has 186 valence electrons. The number of rotatable bonds is 7. The number of carbonyl (C=O) groups excluding carboxylic acids is 2. The molecule has 1 atom stereocenters. The summed E-state index contributed by atoms with van der Waals surface area (Å²) in [5, 5.41) is 1.15. The van der Waals surface area contributed by atoms with E-state index in [2.05, 4.69) is 61.0 Å². The first-order valence-electron chi connectivity index (χ1n) is 12.8. The Labute approximate surface area is 208 Å². The van der Waals surface area contributed by atoms with E-state index in [0.717, 1.165) is 41.8 Å². The second-order valence-electron chi connectivity index (χ2n) is 10.6. The summed E-state index contributed by atoms with van der Waals surface area (Å²) in [7, 11) is 0. The van der Waals surface area contributed by atoms with Gasteiger partial charge in [0.15, 0.2) is 0 Å². The number of likely N-dealkylation sites (tertiary alicyclic amines) is 1. The van der Waals surface area contributed by atoms with Crippen LogP contribution in [0.2, 0.25) is 0 Å². The highest BCUT2D eigenvalue weighted by Crippen LogP contribution is 2.39. The van der Waals surface area contributed by atoms with Crippen molar-refractivity contribution in [1.82, 2.24) is 9.88 Å². The van der Waals surface area contributed by atoms with Gasteiger partial charge in [0.2, 0.25) is 0 Å². The largest absolute Gasteiger partial charge is 0.465 e. The number of nitrogens with zero attached hydrogens (tertiary/aromatic N) is 1. The number of esters is 1. The third kappa shape index (κ3) is 5.20. The van der Waals surface area contributed by atoms with E-state index in [0.29, 0.717) is 25.2 Å². The lowest BCUT2D eigenvalue weighted by molar-refractivity contribution is -0.148. The summed E-state index contributed by atoms with van der Waals surface area (Å²) < 4.78 is 5.38. The maximum absolute atomic E-state index is 12.7. The van der Waals surface area contributed by atoms with Crippen LogP contribution in [-0.2, 0) is 19.7 Å². The molecule has 0 aliphatic carbocycles. The van der Waals surface area contributed by atoms with Crippen molar-refractivity contribution in [3.05, 3.63) is 58.7 Å². The summed E-state index contributed by atoms with van der Waals surface area (Å²) in [5.41, 5.74) is 7.33. The van der Waals surface area contributed by atoms with Gasteiger partial charge in [-0.05, 0) is 81.5 Å². The number of carbonyl (C=O) groups is 2. The first-order valence-corrected chi connectivity index (χ1v) is 12.8. The fraction of sp³-hybridized carbons (Fsp3) is 0.467. The van der Waals surface area contributed by atoms with Crippen molar-refractivity contribution in [2.45, 2.75) is 65.7 Å². The molecule has 0 amide bonds. The van der Waals surface area contributed by atoms with Crippen LogP contribution in [0.4, 0.5) is 0 Å². The van der Waals surface area contributed by atoms with Gasteiger partial charge in [0.05, 0.1) is 17.7 Å². The molecule has 1 aliphatic rings. The molecule has 1 fully saturated rings. The normalized spacial score (nSPS) is 16.0. The average molecular weight is 475 g/mol. The molecule has 3 aromatic rings. The maximum atomic E-state index is 12.7. The molecule has 0 spiro atoms. The number of nitrogens with one attached hydrogen (secondary N) is 1. The average Bonchev–Trinajstić information content (AvgIpc) is 3.19. The number of hydrogen-bond donors (Lipinski definition) is 1. The molecule has 1 saturated heterocycles. The number of aromatic nitrogens is 1. The predicted octanol–water partition coefficient (Wildman–Crippen LogP) is 6.06. The number of fused-ring (bicyclic) bond motifs is 1. The first kappa shape index (κ1) is 25.2. The molecule has 0 saturated carbocycles. The van der Waals surface area contributed by atoms with Gasteiger partial charge in [0, 0.05) is 43.4 Å². The molecule has 5 heteroatoms. The van der Waals surface area contributed by atoms with Crippen LogP contribution in [0.5, 0.6) is 0 Å². The van der Waals surface area contributed by atoms with Gasteiger partial charge in [0.1, 0.15) is 5.78 Å². The summed E-state index contributed by atoms with van der Waals surface area (Å²) in [6.45, 7) is 15.1. The molecule has 5 nitrogen and oxygen atoms in total. The number of aryl methyl sites for hydroxylation is 2. The van der Waals surface area contributed by atoms with Crippen molar-refractivity contribution in [2.24, 2.45) is 0 Å². The van der Waals surface area contributed by atoms with Crippen molar-refractivity contribution < 1.29 is 14.3 Å². The number of hydrogen-bond acceptors (Lipinski definition) is 4. The predicted molar refractivity (Wildman–Crippen MR) is 142 cm³/mol. The van der Waals surface area contributed by atoms with E-state index in [4.69, 9.17) is 4.74 Å². The van der Waals surface area contributed by atoms with E-state index < -0.39 is 5.41 Å². The second kappa shape index (κ2) is 9.98. The van der Waals surface area contributed by atoms with Crippen molar-refractivity contribution in [1.29, 1.82) is 0 Å². The first-order chi connectivity index (χ1) is 16.6. The van der Waals surface area contributed by atoms with Crippen LogP contribution in [-0.4, -0.2) is 47.9 Å². The van der Waals surface area contributed by atoms with E-state index in [-0.39, 0.29) is 11.9 Å². The van der Waals surface area contributed by atoms with E-state index in [1.807, 2.05) is 26.8 Å². The summed E-state index contributed by atoms with van der Waals surface area (Å²) in [6.07, 6.45) is 1.28. The Hall–Kier alpha value is -2.92. The van der Waals surface area contributed by atoms with E-state index in [1.165, 1.54) is 22.3 Å². The molecule has 35 heavy (non-hydrogen) atoms. The van der Waals surface area contributed by atoms with Gasteiger partial charge in [0.25, 0.3) is 0 Å². The molecule has 2 heterocycles. The number of piperidine rings is 1. The molecule has 1 N–H and O–H groups in total. The Balaban J connectivity index is 1.83.